The Morgan fingerprint density at radius 2 is 0.772 bits per heavy atom. The monoisotopic (exact) mass is 728 g/mol. The lowest BCUT2D eigenvalue weighted by molar-refractivity contribution is 0.669. The number of hydrogen-bond acceptors (Lipinski definition) is 5. The highest BCUT2D eigenvalue weighted by Gasteiger charge is 2.17. The van der Waals surface area contributed by atoms with Crippen molar-refractivity contribution in [1.82, 2.24) is 15.0 Å². The van der Waals surface area contributed by atoms with Gasteiger partial charge in [0.05, 0.1) is 11.6 Å². The Morgan fingerprint density at radius 3 is 1.28 bits per heavy atom. The van der Waals surface area contributed by atoms with Gasteiger partial charge >= 0.3 is 0 Å². The van der Waals surface area contributed by atoms with Gasteiger partial charge in [-0.1, -0.05) is 164 Å². The molecule has 57 heavy (non-hydrogen) atoms. The minimum Gasteiger partial charge on any atom is -0.456 e. The predicted octanol–water partition coefficient (Wildman–Crippen LogP) is 13.3. The van der Waals surface area contributed by atoms with E-state index in [1.165, 1.54) is 11.1 Å². The molecule has 0 aliphatic heterocycles. The largest absolute Gasteiger partial charge is 0.456 e. The van der Waals surface area contributed by atoms with Gasteiger partial charge in [-0.25, -0.2) is 15.0 Å². The summed E-state index contributed by atoms with van der Waals surface area (Å²) in [5.74, 6) is 1.70. The van der Waals surface area contributed by atoms with Crippen LogP contribution < -0.4 is 0 Å². The van der Waals surface area contributed by atoms with E-state index in [0.717, 1.165) is 72.0 Å². The standard InChI is InChI=1S/C52H32N4O/c53-33-34-14-16-37(17-15-34)40-22-28-43(29-23-40)51-54-50(42-26-20-39(21-27-42)36-10-5-2-6-11-36)55-52(56-51)44-30-31-46-48(32-44)57-47-13-7-12-45(49(46)47)41-24-18-38(19-25-41)35-8-3-1-4-9-35/h1-32H. The highest BCUT2D eigenvalue weighted by Crippen LogP contribution is 2.39. The zero-order valence-corrected chi connectivity index (χ0v) is 30.7. The summed E-state index contributed by atoms with van der Waals surface area (Å²) < 4.78 is 6.54. The third kappa shape index (κ3) is 6.52. The Bertz CT molecular complexity index is 3070. The van der Waals surface area contributed by atoms with Gasteiger partial charge < -0.3 is 4.42 Å². The van der Waals surface area contributed by atoms with E-state index in [4.69, 9.17) is 19.4 Å². The highest BCUT2D eigenvalue weighted by atomic mass is 16.3. The molecule has 0 spiro atoms. The van der Waals surface area contributed by atoms with Crippen LogP contribution in [0, 0.1) is 11.3 Å². The lowest BCUT2D eigenvalue weighted by Gasteiger charge is -2.10. The van der Waals surface area contributed by atoms with Crippen LogP contribution in [0.4, 0.5) is 0 Å². The average molecular weight is 729 g/mol. The van der Waals surface area contributed by atoms with Gasteiger partial charge in [0, 0.05) is 27.5 Å². The summed E-state index contributed by atoms with van der Waals surface area (Å²) in [6.07, 6.45) is 0. The van der Waals surface area contributed by atoms with Crippen LogP contribution in [0.15, 0.2) is 199 Å². The molecule has 5 nitrogen and oxygen atoms in total. The van der Waals surface area contributed by atoms with E-state index in [0.29, 0.717) is 23.0 Å². The van der Waals surface area contributed by atoms with E-state index < -0.39 is 0 Å². The van der Waals surface area contributed by atoms with Gasteiger partial charge in [0.25, 0.3) is 0 Å². The van der Waals surface area contributed by atoms with Crippen molar-refractivity contribution in [2.24, 2.45) is 0 Å². The fourth-order valence-electron chi connectivity index (χ4n) is 7.43. The molecule has 2 heterocycles. The number of nitriles is 1. The molecular weight excluding hydrogens is 697 g/mol. The number of rotatable bonds is 7. The summed E-state index contributed by atoms with van der Waals surface area (Å²) in [7, 11) is 0. The molecule has 0 saturated heterocycles. The first kappa shape index (κ1) is 33.6. The van der Waals surface area contributed by atoms with Crippen molar-refractivity contribution < 1.29 is 4.42 Å². The van der Waals surface area contributed by atoms with Crippen LogP contribution in [0.5, 0.6) is 0 Å². The summed E-state index contributed by atoms with van der Waals surface area (Å²) in [5.41, 5.74) is 13.8. The van der Waals surface area contributed by atoms with Gasteiger partial charge in [-0.05, 0) is 74.8 Å². The van der Waals surface area contributed by atoms with Crippen molar-refractivity contribution in [3.05, 3.63) is 200 Å². The molecule has 0 saturated carbocycles. The first-order valence-corrected chi connectivity index (χ1v) is 18.8. The van der Waals surface area contributed by atoms with Crippen LogP contribution in [-0.2, 0) is 0 Å². The van der Waals surface area contributed by atoms with E-state index in [9.17, 15) is 5.26 Å². The number of benzene rings is 8. The van der Waals surface area contributed by atoms with E-state index in [2.05, 4.69) is 121 Å². The SMILES string of the molecule is N#Cc1ccc(-c2ccc(-c3nc(-c4ccc(-c5ccccc5)cc4)nc(-c4ccc5c(c4)oc4cccc(-c6ccc(-c7ccccc7)cc6)c45)n3)cc2)cc1. The summed E-state index contributed by atoms with van der Waals surface area (Å²) in [6, 6.07) is 68.2. The molecular formula is C52H32N4O. The first-order valence-electron chi connectivity index (χ1n) is 18.8. The van der Waals surface area contributed by atoms with Gasteiger partial charge in [-0.2, -0.15) is 5.26 Å². The number of fused-ring (bicyclic) bond motifs is 3. The van der Waals surface area contributed by atoms with Crippen molar-refractivity contribution in [2.45, 2.75) is 0 Å². The number of hydrogen-bond donors (Lipinski definition) is 0. The maximum Gasteiger partial charge on any atom is 0.164 e. The van der Waals surface area contributed by atoms with Gasteiger partial charge in [-0.15, -0.1) is 0 Å². The lowest BCUT2D eigenvalue weighted by Crippen LogP contribution is -2.00. The average Bonchev–Trinajstić information content (AvgIpc) is 3.68. The zero-order valence-electron chi connectivity index (χ0n) is 30.7. The second-order valence-corrected chi connectivity index (χ2v) is 14.0. The van der Waals surface area contributed by atoms with Crippen molar-refractivity contribution in [3.63, 3.8) is 0 Å². The quantitative estimate of drug-likeness (QED) is 0.163. The number of furan rings is 1. The molecule has 0 aliphatic carbocycles. The maximum absolute atomic E-state index is 9.24. The highest BCUT2D eigenvalue weighted by molar-refractivity contribution is 6.13. The van der Waals surface area contributed by atoms with Gasteiger partial charge in [0.1, 0.15) is 11.2 Å². The minimum absolute atomic E-state index is 0.553. The molecule has 0 radical (unpaired) electrons. The van der Waals surface area contributed by atoms with Crippen LogP contribution >= 0.6 is 0 Å². The predicted molar refractivity (Wildman–Crippen MR) is 230 cm³/mol. The van der Waals surface area contributed by atoms with Crippen LogP contribution in [0.3, 0.4) is 0 Å². The summed E-state index contributed by atoms with van der Waals surface area (Å²) in [4.78, 5) is 15.1. The molecule has 0 N–H and O–H groups in total. The first-order chi connectivity index (χ1) is 28.2. The molecule has 0 aliphatic rings. The van der Waals surface area contributed by atoms with E-state index >= 15 is 0 Å². The molecule has 0 amide bonds. The molecule has 5 heteroatoms. The van der Waals surface area contributed by atoms with Gasteiger partial charge in [0.2, 0.25) is 0 Å². The molecule has 266 valence electrons. The second kappa shape index (κ2) is 14.4. The Morgan fingerprint density at radius 1 is 0.351 bits per heavy atom. The maximum atomic E-state index is 9.24. The molecule has 0 fully saturated rings. The molecule has 8 aromatic carbocycles. The van der Waals surface area contributed by atoms with Gasteiger partial charge in [0.15, 0.2) is 17.5 Å². The molecule has 0 atom stereocenters. The van der Waals surface area contributed by atoms with Crippen LogP contribution in [0.1, 0.15) is 5.56 Å². The Hall–Kier alpha value is -7.94. The summed E-state index contributed by atoms with van der Waals surface area (Å²) >= 11 is 0. The van der Waals surface area contributed by atoms with Crippen LogP contribution in [0.25, 0.3) is 101 Å². The summed E-state index contributed by atoms with van der Waals surface area (Å²) in [6.45, 7) is 0. The fraction of sp³-hybridized carbons (Fsp3) is 0. The number of aromatic nitrogens is 3. The normalized spacial score (nSPS) is 11.1. The molecule has 10 aromatic rings. The van der Waals surface area contributed by atoms with E-state index in [-0.39, 0.29) is 0 Å². The third-order valence-electron chi connectivity index (χ3n) is 10.4. The lowest BCUT2D eigenvalue weighted by atomic mass is 9.96. The fourth-order valence-corrected chi connectivity index (χ4v) is 7.43. The van der Waals surface area contributed by atoms with Crippen molar-refractivity contribution in [3.8, 4) is 84.7 Å². The molecule has 2 aromatic heterocycles. The molecule has 0 bridgehead atoms. The van der Waals surface area contributed by atoms with Crippen molar-refractivity contribution in [2.75, 3.05) is 0 Å². The summed E-state index contributed by atoms with van der Waals surface area (Å²) in [5, 5.41) is 11.3. The van der Waals surface area contributed by atoms with E-state index in [1.807, 2.05) is 78.9 Å². The van der Waals surface area contributed by atoms with Crippen LogP contribution in [-0.4, -0.2) is 15.0 Å². The molecule has 0 unspecified atom stereocenters. The van der Waals surface area contributed by atoms with Gasteiger partial charge in [-0.3, -0.25) is 0 Å². The van der Waals surface area contributed by atoms with Crippen molar-refractivity contribution >= 4 is 21.9 Å². The topological polar surface area (TPSA) is 75.6 Å². The minimum atomic E-state index is 0.553. The Kier molecular flexibility index (Phi) is 8.48. The Balaban J connectivity index is 1.05. The van der Waals surface area contributed by atoms with E-state index in [1.54, 1.807) is 0 Å². The van der Waals surface area contributed by atoms with Crippen LogP contribution in [0.2, 0.25) is 0 Å². The second-order valence-electron chi connectivity index (χ2n) is 14.0. The van der Waals surface area contributed by atoms with Crippen molar-refractivity contribution in [1.29, 1.82) is 5.26 Å². The third-order valence-corrected chi connectivity index (χ3v) is 10.4. The molecule has 10 rings (SSSR count). The zero-order chi connectivity index (χ0) is 38.1. The Labute approximate surface area is 329 Å². The number of nitrogens with zero attached hydrogens (tertiary/aromatic N) is 4. The smallest absolute Gasteiger partial charge is 0.164 e.